The van der Waals surface area contributed by atoms with Crippen molar-refractivity contribution in [2.24, 2.45) is 5.10 Å². The van der Waals surface area contributed by atoms with Gasteiger partial charge in [-0.3, -0.25) is 4.79 Å². The number of hydrogen-bond donors (Lipinski definition) is 1. The van der Waals surface area contributed by atoms with Crippen molar-refractivity contribution in [2.75, 3.05) is 13.2 Å². The lowest BCUT2D eigenvalue weighted by atomic mass is 10.2. The molecule has 1 amide bonds. The third kappa shape index (κ3) is 6.26. The SMILES string of the molecule is CCOc1ccccc1/C=N\NC(=O)CN(Cc1ccccc1)S(=O)(=O)c1ccccc1. The number of amides is 1. The summed E-state index contributed by atoms with van der Waals surface area (Å²) >= 11 is 0. The number of benzene rings is 3. The Kier molecular flexibility index (Phi) is 8.13. The van der Waals surface area contributed by atoms with Crippen LogP contribution in [0.5, 0.6) is 5.75 Å². The summed E-state index contributed by atoms with van der Waals surface area (Å²) in [7, 11) is -3.88. The Balaban J connectivity index is 1.75. The summed E-state index contributed by atoms with van der Waals surface area (Å²) in [5.41, 5.74) is 3.88. The highest BCUT2D eigenvalue weighted by atomic mass is 32.2. The molecule has 3 aromatic rings. The van der Waals surface area contributed by atoms with E-state index in [1.807, 2.05) is 55.5 Å². The number of nitrogens with one attached hydrogen (secondary N) is 1. The predicted octanol–water partition coefficient (Wildman–Crippen LogP) is 3.43. The van der Waals surface area contributed by atoms with E-state index >= 15 is 0 Å². The zero-order valence-electron chi connectivity index (χ0n) is 17.7. The maximum Gasteiger partial charge on any atom is 0.255 e. The van der Waals surface area contributed by atoms with Crippen LogP contribution in [0.25, 0.3) is 0 Å². The van der Waals surface area contributed by atoms with E-state index in [0.717, 1.165) is 9.87 Å². The smallest absolute Gasteiger partial charge is 0.255 e. The second kappa shape index (κ2) is 11.2. The van der Waals surface area contributed by atoms with E-state index in [-0.39, 0.29) is 18.0 Å². The molecule has 0 unspecified atom stereocenters. The van der Waals surface area contributed by atoms with E-state index in [9.17, 15) is 13.2 Å². The van der Waals surface area contributed by atoms with Crippen molar-refractivity contribution in [3.8, 4) is 5.75 Å². The van der Waals surface area contributed by atoms with Crippen LogP contribution in [0.4, 0.5) is 0 Å². The number of nitrogens with zero attached hydrogens (tertiary/aromatic N) is 2. The van der Waals surface area contributed by atoms with Gasteiger partial charge in [0.25, 0.3) is 5.91 Å². The molecule has 0 bridgehead atoms. The zero-order chi connectivity index (χ0) is 22.8. The molecule has 0 saturated carbocycles. The molecular formula is C24H25N3O4S. The minimum absolute atomic E-state index is 0.0579. The van der Waals surface area contributed by atoms with Crippen LogP contribution in [-0.2, 0) is 21.4 Å². The number of rotatable bonds is 10. The summed E-state index contributed by atoms with van der Waals surface area (Å²) in [6.45, 7) is 2.06. The van der Waals surface area contributed by atoms with Gasteiger partial charge in [-0.25, -0.2) is 13.8 Å². The van der Waals surface area contributed by atoms with Gasteiger partial charge in [0.1, 0.15) is 5.75 Å². The van der Waals surface area contributed by atoms with Crippen molar-refractivity contribution in [3.05, 3.63) is 96.1 Å². The first-order valence-corrected chi connectivity index (χ1v) is 11.6. The fourth-order valence-corrected chi connectivity index (χ4v) is 4.40. The predicted molar refractivity (Wildman–Crippen MR) is 124 cm³/mol. The Hall–Kier alpha value is -3.49. The maximum absolute atomic E-state index is 13.2. The van der Waals surface area contributed by atoms with Gasteiger partial charge in [0, 0.05) is 12.1 Å². The van der Waals surface area contributed by atoms with Crippen molar-refractivity contribution in [1.29, 1.82) is 0 Å². The van der Waals surface area contributed by atoms with Crippen LogP contribution < -0.4 is 10.2 Å². The molecule has 7 nitrogen and oxygen atoms in total. The summed E-state index contributed by atoms with van der Waals surface area (Å²) in [4.78, 5) is 12.7. The summed E-state index contributed by atoms with van der Waals surface area (Å²) in [5, 5.41) is 3.97. The number of sulfonamides is 1. The highest BCUT2D eigenvalue weighted by Crippen LogP contribution is 2.18. The average molecular weight is 452 g/mol. The minimum Gasteiger partial charge on any atom is -0.493 e. The molecule has 1 N–H and O–H groups in total. The quantitative estimate of drug-likeness (QED) is 0.378. The van der Waals surface area contributed by atoms with Crippen molar-refractivity contribution in [1.82, 2.24) is 9.73 Å². The van der Waals surface area contributed by atoms with Crippen LogP contribution in [0.15, 0.2) is 94.9 Å². The lowest BCUT2D eigenvalue weighted by Gasteiger charge is -2.21. The molecule has 0 aromatic heterocycles. The molecule has 32 heavy (non-hydrogen) atoms. The fourth-order valence-electron chi connectivity index (χ4n) is 3.00. The largest absolute Gasteiger partial charge is 0.493 e. The Bertz CT molecular complexity index is 1150. The van der Waals surface area contributed by atoms with Crippen LogP contribution >= 0.6 is 0 Å². The molecular weight excluding hydrogens is 426 g/mol. The third-order valence-electron chi connectivity index (χ3n) is 4.51. The fraction of sp³-hybridized carbons (Fsp3) is 0.167. The van der Waals surface area contributed by atoms with Crippen molar-refractivity contribution < 1.29 is 17.9 Å². The number of para-hydroxylation sites is 1. The molecule has 0 aliphatic rings. The Morgan fingerprint density at radius 1 is 0.969 bits per heavy atom. The van der Waals surface area contributed by atoms with Gasteiger partial charge in [0.2, 0.25) is 10.0 Å². The third-order valence-corrected chi connectivity index (χ3v) is 6.32. The van der Waals surface area contributed by atoms with Crippen LogP contribution in [-0.4, -0.2) is 38.0 Å². The van der Waals surface area contributed by atoms with Gasteiger partial charge in [-0.2, -0.15) is 9.41 Å². The van der Waals surface area contributed by atoms with E-state index in [1.165, 1.54) is 18.3 Å². The molecule has 8 heteroatoms. The van der Waals surface area contributed by atoms with Gasteiger partial charge in [-0.15, -0.1) is 0 Å². The van der Waals surface area contributed by atoms with E-state index in [1.54, 1.807) is 24.3 Å². The second-order valence-corrected chi connectivity index (χ2v) is 8.77. The highest BCUT2D eigenvalue weighted by Gasteiger charge is 2.26. The van der Waals surface area contributed by atoms with Crippen molar-refractivity contribution >= 4 is 22.1 Å². The number of carbonyl (C=O) groups is 1. The first-order valence-electron chi connectivity index (χ1n) is 10.1. The van der Waals surface area contributed by atoms with Crippen molar-refractivity contribution in [3.63, 3.8) is 0 Å². The van der Waals surface area contributed by atoms with E-state index in [0.29, 0.717) is 17.9 Å². The monoisotopic (exact) mass is 451 g/mol. The van der Waals surface area contributed by atoms with Crippen LogP contribution in [0, 0.1) is 0 Å². The topological polar surface area (TPSA) is 88.1 Å². The van der Waals surface area contributed by atoms with Gasteiger partial charge in [-0.05, 0) is 36.8 Å². The Labute approximate surface area is 188 Å². The standard InChI is InChI=1S/C24H25N3O4S/c1-2-31-23-16-10-9-13-21(23)17-25-26-24(28)19-27(18-20-11-5-3-6-12-20)32(29,30)22-14-7-4-8-15-22/h3-17H,2,18-19H2,1H3,(H,26,28)/b25-17-. The second-order valence-electron chi connectivity index (χ2n) is 6.84. The Morgan fingerprint density at radius 3 is 2.28 bits per heavy atom. The lowest BCUT2D eigenvalue weighted by Crippen LogP contribution is -2.39. The van der Waals surface area contributed by atoms with Crippen molar-refractivity contribution in [2.45, 2.75) is 18.4 Å². The molecule has 0 fully saturated rings. The molecule has 0 aliphatic heterocycles. The van der Waals surface area contributed by atoms with E-state index in [4.69, 9.17) is 4.74 Å². The zero-order valence-corrected chi connectivity index (χ0v) is 18.5. The van der Waals surface area contributed by atoms with Crippen LogP contribution in [0.2, 0.25) is 0 Å². The summed E-state index contributed by atoms with van der Waals surface area (Å²) in [6, 6.07) is 24.5. The molecule has 3 aromatic carbocycles. The molecule has 0 spiro atoms. The molecule has 0 atom stereocenters. The average Bonchev–Trinajstić information content (AvgIpc) is 2.81. The van der Waals surface area contributed by atoms with Crippen LogP contribution in [0.1, 0.15) is 18.1 Å². The molecule has 0 aliphatic carbocycles. The van der Waals surface area contributed by atoms with Gasteiger partial charge >= 0.3 is 0 Å². The molecule has 3 rings (SSSR count). The number of hydrazone groups is 1. The van der Waals surface area contributed by atoms with E-state index < -0.39 is 15.9 Å². The summed E-state index contributed by atoms with van der Waals surface area (Å²) < 4.78 is 33.0. The summed E-state index contributed by atoms with van der Waals surface area (Å²) in [6.07, 6.45) is 1.47. The normalized spacial score (nSPS) is 11.6. The molecule has 0 radical (unpaired) electrons. The lowest BCUT2D eigenvalue weighted by molar-refractivity contribution is -0.121. The number of carbonyl (C=O) groups excluding carboxylic acids is 1. The molecule has 0 heterocycles. The Morgan fingerprint density at radius 2 is 1.59 bits per heavy atom. The van der Waals surface area contributed by atoms with Gasteiger partial charge in [0.05, 0.1) is 24.3 Å². The number of ether oxygens (including phenoxy) is 1. The molecule has 166 valence electrons. The summed E-state index contributed by atoms with van der Waals surface area (Å²) in [5.74, 6) is 0.0935. The minimum atomic E-state index is -3.88. The molecule has 0 saturated heterocycles. The highest BCUT2D eigenvalue weighted by molar-refractivity contribution is 7.89. The van der Waals surface area contributed by atoms with E-state index in [2.05, 4.69) is 10.5 Å². The van der Waals surface area contributed by atoms with Gasteiger partial charge in [0.15, 0.2) is 0 Å². The van der Waals surface area contributed by atoms with Gasteiger partial charge < -0.3 is 4.74 Å². The number of hydrogen-bond acceptors (Lipinski definition) is 5. The first-order chi connectivity index (χ1) is 15.5. The maximum atomic E-state index is 13.2. The van der Waals surface area contributed by atoms with Gasteiger partial charge in [-0.1, -0.05) is 60.7 Å². The van der Waals surface area contributed by atoms with Crippen LogP contribution in [0.3, 0.4) is 0 Å². The first kappa shape index (κ1) is 23.2.